The number of rotatable bonds is 4. The molecule has 1 aromatic carbocycles. The molecule has 1 amide bonds. The standard InChI is InChI=1S/C19H20N6O/c1-13-21-9-16-17(23-13)7-4-8-18(16)24-19(26)15-6-3-2-5-14(15)10-25-12-20-11-22-25/h2-3,5-6,9,11-12,18H,4,7-8,10H2,1H3,(H,24,26)/t18-/m1/s1. The van der Waals surface area contributed by atoms with Gasteiger partial charge in [0.15, 0.2) is 0 Å². The third-order valence-corrected chi connectivity index (χ3v) is 4.67. The van der Waals surface area contributed by atoms with Gasteiger partial charge in [0.05, 0.1) is 12.6 Å². The van der Waals surface area contributed by atoms with Crippen LogP contribution in [0, 0.1) is 6.92 Å². The third-order valence-electron chi connectivity index (χ3n) is 4.67. The molecule has 7 nitrogen and oxygen atoms in total. The fraction of sp³-hybridized carbons (Fsp3) is 0.316. The van der Waals surface area contributed by atoms with Crippen LogP contribution in [0.15, 0.2) is 43.1 Å². The maximum Gasteiger partial charge on any atom is 0.252 e. The van der Waals surface area contributed by atoms with E-state index in [1.54, 1.807) is 11.0 Å². The highest BCUT2D eigenvalue weighted by Crippen LogP contribution is 2.28. The zero-order chi connectivity index (χ0) is 17.9. The lowest BCUT2D eigenvalue weighted by atomic mass is 9.92. The van der Waals surface area contributed by atoms with Crippen molar-refractivity contribution in [3.63, 3.8) is 0 Å². The molecular formula is C19H20N6O. The maximum atomic E-state index is 12.9. The molecule has 0 bridgehead atoms. The number of nitrogens with zero attached hydrogens (tertiary/aromatic N) is 5. The van der Waals surface area contributed by atoms with Crippen molar-refractivity contribution in [1.82, 2.24) is 30.0 Å². The lowest BCUT2D eigenvalue weighted by Gasteiger charge is -2.25. The monoisotopic (exact) mass is 348 g/mol. The van der Waals surface area contributed by atoms with Gasteiger partial charge >= 0.3 is 0 Å². The molecule has 26 heavy (non-hydrogen) atoms. The number of amides is 1. The van der Waals surface area contributed by atoms with Crippen molar-refractivity contribution in [3.05, 3.63) is 71.3 Å². The predicted molar refractivity (Wildman–Crippen MR) is 95.5 cm³/mol. The molecule has 2 heterocycles. The lowest BCUT2D eigenvalue weighted by molar-refractivity contribution is 0.0931. The summed E-state index contributed by atoms with van der Waals surface area (Å²) in [6.07, 6.45) is 7.83. The summed E-state index contributed by atoms with van der Waals surface area (Å²) in [5.74, 6) is 0.688. The highest BCUT2D eigenvalue weighted by atomic mass is 16.1. The van der Waals surface area contributed by atoms with Crippen LogP contribution in [-0.2, 0) is 13.0 Å². The predicted octanol–water partition coefficient (Wildman–Crippen LogP) is 2.23. The number of nitrogens with one attached hydrogen (secondary N) is 1. The van der Waals surface area contributed by atoms with Gasteiger partial charge in [0.25, 0.3) is 5.91 Å². The molecule has 0 aliphatic heterocycles. The molecule has 7 heteroatoms. The van der Waals surface area contributed by atoms with E-state index in [4.69, 9.17) is 0 Å². The minimum atomic E-state index is -0.0841. The van der Waals surface area contributed by atoms with Gasteiger partial charge in [-0.05, 0) is 37.8 Å². The largest absolute Gasteiger partial charge is 0.345 e. The molecule has 0 fully saturated rings. The van der Waals surface area contributed by atoms with E-state index in [1.807, 2.05) is 37.4 Å². The average Bonchev–Trinajstić information content (AvgIpc) is 3.15. The number of aromatic nitrogens is 5. The Hall–Kier alpha value is -3.09. The van der Waals surface area contributed by atoms with Crippen LogP contribution in [-0.4, -0.2) is 30.6 Å². The first-order chi connectivity index (χ1) is 12.7. The van der Waals surface area contributed by atoms with Crippen LogP contribution in [0.5, 0.6) is 0 Å². The van der Waals surface area contributed by atoms with Crippen LogP contribution in [0.25, 0.3) is 0 Å². The van der Waals surface area contributed by atoms with Crippen LogP contribution >= 0.6 is 0 Å². The van der Waals surface area contributed by atoms with Crippen LogP contribution in [0.2, 0.25) is 0 Å². The number of hydrogen-bond acceptors (Lipinski definition) is 5. The first-order valence-corrected chi connectivity index (χ1v) is 8.74. The molecule has 132 valence electrons. The van der Waals surface area contributed by atoms with E-state index in [0.29, 0.717) is 12.1 Å². The fourth-order valence-electron chi connectivity index (χ4n) is 3.40. The van der Waals surface area contributed by atoms with Crippen molar-refractivity contribution in [3.8, 4) is 0 Å². The molecule has 1 aliphatic rings. The number of aryl methyl sites for hydroxylation is 2. The minimum absolute atomic E-state index is 0.0497. The average molecular weight is 348 g/mol. The molecule has 4 rings (SSSR count). The SMILES string of the molecule is Cc1ncc2c(n1)CCC[C@H]2NC(=O)c1ccccc1Cn1cncn1. The van der Waals surface area contributed by atoms with E-state index in [2.05, 4.69) is 25.4 Å². The van der Waals surface area contributed by atoms with Gasteiger partial charge in [-0.3, -0.25) is 4.79 Å². The molecular weight excluding hydrogens is 328 g/mol. The summed E-state index contributed by atoms with van der Waals surface area (Å²) in [4.78, 5) is 25.7. The Morgan fingerprint density at radius 3 is 3.08 bits per heavy atom. The molecule has 2 aromatic heterocycles. The summed E-state index contributed by atoms with van der Waals surface area (Å²) in [6, 6.07) is 7.54. The van der Waals surface area contributed by atoms with E-state index >= 15 is 0 Å². The summed E-state index contributed by atoms with van der Waals surface area (Å²) in [5, 5.41) is 7.29. The van der Waals surface area contributed by atoms with Gasteiger partial charge in [0.1, 0.15) is 18.5 Å². The zero-order valence-electron chi connectivity index (χ0n) is 14.6. The normalized spacial score (nSPS) is 16.1. The Kier molecular flexibility index (Phi) is 4.43. The number of benzene rings is 1. The summed E-state index contributed by atoms with van der Waals surface area (Å²) >= 11 is 0. The van der Waals surface area contributed by atoms with Gasteiger partial charge in [0, 0.05) is 23.0 Å². The van der Waals surface area contributed by atoms with Crippen LogP contribution in [0.4, 0.5) is 0 Å². The van der Waals surface area contributed by atoms with E-state index in [-0.39, 0.29) is 11.9 Å². The summed E-state index contributed by atoms with van der Waals surface area (Å²) in [6.45, 7) is 2.40. The smallest absolute Gasteiger partial charge is 0.252 e. The fourth-order valence-corrected chi connectivity index (χ4v) is 3.40. The van der Waals surface area contributed by atoms with Gasteiger partial charge in [-0.25, -0.2) is 19.6 Å². The van der Waals surface area contributed by atoms with E-state index in [0.717, 1.165) is 41.9 Å². The quantitative estimate of drug-likeness (QED) is 0.781. The van der Waals surface area contributed by atoms with E-state index in [9.17, 15) is 4.79 Å². The second-order valence-corrected chi connectivity index (χ2v) is 6.49. The molecule has 0 spiro atoms. The molecule has 3 aromatic rings. The lowest BCUT2D eigenvalue weighted by Crippen LogP contribution is -2.32. The Morgan fingerprint density at radius 1 is 1.35 bits per heavy atom. The second-order valence-electron chi connectivity index (χ2n) is 6.49. The number of fused-ring (bicyclic) bond motifs is 1. The van der Waals surface area contributed by atoms with E-state index in [1.165, 1.54) is 6.33 Å². The van der Waals surface area contributed by atoms with Crippen LogP contribution < -0.4 is 5.32 Å². The Balaban J connectivity index is 1.57. The van der Waals surface area contributed by atoms with Gasteiger partial charge in [0.2, 0.25) is 0 Å². The summed E-state index contributed by atoms with van der Waals surface area (Å²) in [7, 11) is 0. The van der Waals surface area contributed by atoms with Crippen molar-refractivity contribution in [1.29, 1.82) is 0 Å². The van der Waals surface area contributed by atoms with Gasteiger partial charge in [-0.1, -0.05) is 18.2 Å². The first kappa shape index (κ1) is 16.4. The van der Waals surface area contributed by atoms with Crippen molar-refractivity contribution in [2.24, 2.45) is 0 Å². The number of carbonyl (C=O) groups excluding carboxylic acids is 1. The highest BCUT2D eigenvalue weighted by Gasteiger charge is 2.24. The topological polar surface area (TPSA) is 85.6 Å². The number of hydrogen-bond donors (Lipinski definition) is 1. The molecule has 1 N–H and O–H groups in total. The van der Waals surface area contributed by atoms with Crippen molar-refractivity contribution < 1.29 is 4.79 Å². The van der Waals surface area contributed by atoms with Crippen LogP contribution in [0.3, 0.4) is 0 Å². The Morgan fingerprint density at radius 2 is 2.23 bits per heavy atom. The van der Waals surface area contributed by atoms with Crippen LogP contribution in [0.1, 0.15) is 51.9 Å². The molecule has 1 aliphatic carbocycles. The Bertz CT molecular complexity index is 922. The first-order valence-electron chi connectivity index (χ1n) is 8.74. The Labute approximate surface area is 151 Å². The molecule has 0 unspecified atom stereocenters. The van der Waals surface area contributed by atoms with Gasteiger partial charge in [-0.2, -0.15) is 5.10 Å². The van der Waals surface area contributed by atoms with Gasteiger partial charge in [-0.15, -0.1) is 0 Å². The summed E-state index contributed by atoms with van der Waals surface area (Å²) in [5.41, 5.74) is 3.64. The summed E-state index contributed by atoms with van der Waals surface area (Å²) < 4.78 is 1.71. The van der Waals surface area contributed by atoms with Gasteiger partial charge < -0.3 is 5.32 Å². The maximum absolute atomic E-state index is 12.9. The molecule has 1 atom stereocenters. The second kappa shape index (κ2) is 7.03. The third kappa shape index (κ3) is 3.33. The molecule has 0 radical (unpaired) electrons. The minimum Gasteiger partial charge on any atom is -0.345 e. The van der Waals surface area contributed by atoms with Crippen molar-refractivity contribution >= 4 is 5.91 Å². The van der Waals surface area contributed by atoms with E-state index < -0.39 is 0 Å². The molecule has 0 saturated carbocycles. The zero-order valence-corrected chi connectivity index (χ0v) is 14.6. The number of carbonyl (C=O) groups is 1. The highest BCUT2D eigenvalue weighted by molar-refractivity contribution is 5.96. The van der Waals surface area contributed by atoms with Crippen molar-refractivity contribution in [2.75, 3.05) is 0 Å². The molecule has 0 saturated heterocycles. The van der Waals surface area contributed by atoms with Crippen molar-refractivity contribution in [2.45, 2.75) is 38.8 Å².